The first-order chi connectivity index (χ1) is 11.0. The van der Waals surface area contributed by atoms with Crippen molar-refractivity contribution in [2.75, 3.05) is 5.73 Å². The van der Waals surface area contributed by atoms with E-state index in [4.69, 9.17) is 15.0 Å². The Bertz CT molecular complexity index is 813. The Hall–Kier alpha value is -2.34. The van der Waals surface area contributed by atoms with Crippen LogP contribution in [0.4, 0.5) is 5.69 Å². The smallest absolute Gasteiger partial charge is 0.258 e. The summed E-state index contributed by atoms with van der Waals surface area (Å²) in [5.41, 5.74) is 8.05. The first-order valence-corrected chi connectivity index (χ1v) is 7.98. The zero-order valence-electron chi connectivity index (χ0n) is 12.8. The van der Waals surface area contributed by atoms with Crippen molar-refractivity contribution in [3.8, 4) is 28.6 Å². The third-order valence-electron chi connectivity index (χ3n) is 3.14. The SMILES string of the molecule is CC(C)Oc1ccc(-c2noc(-c3ccc(N)cc3)n2)cc1Br. The molecule has 2 aromatic carbocycles. The Balaban J connectivity index is 1.88. The number of hydrogen-bond acceptors (Lipinski definition) is 5. The normalized spacial score (nSPS) is 11.0. The van der Waals surface area contributed by atoms with Crippen molar-refractivity contribution in [1.82, 2.24) is 10.1 Å². The number of benzene rings is 2. The summed E-state index contributed by atoms with van der Waals surface area (Å²) in [4.78, 5) is 4.43. The molecule has 1 heterocycles. The van der Waals surface area contributed by atoms with Crippen molar-refractivity contribution in [2.24, 2.45) is 0 Å². The molecule has 0 fully saturated rings. The van der Waals surface area contributed by atoms with Gasteiger partial charge in [0.15, 0.2) is 0 Å². The van der Waals surface area contributed by atoms with Crippen LogP contribution in [0.1, 0.15) is 13.8 Å². The first-order valence-electron chi connectivity index (χ1n) is 7.19. The van der Waals surface area contributed by atoms with E-state index in [1.54, 1.807) is 12.1 Å². The van der Waals surface area contributed by atoms with Crippen LogP contribution in [0.3, 0.4) is 0 Å². The molecule has 118 valence electrons. The maximum Gasteiger partial charge on any atom is 0.258 e. The van der Waals surface area contributed by atoms with Gasteiger partial charge in [0.1, 0.15) is 5.75 Å². The number of nitrogen functional groups attached to an aromatic ring is 1. The van der Waals surface area contributed by atoms with Crippen molar-refractivity contribution in [3.63, 3.8) is 0 Å². The Kier molecular flexibility index (Phi) is 4.34. The zero-order valence-corrected chi connectivity index (χ0v) is 14.4. The van der Waals surface area contributed by atoms with E-state index >= 15 is 0 Å². The summed E-state index contributed by atoms with van der Waals surface area (Å²) in [7, 11) is 0. The second-order valence-electron chi connectivity index (χ2n) is 5.36. The third kappa shape index (κ3) is 3.53. The lowest BCUT2D eigenvalue weighted by Gasteiger charge is -2.11. The van der Waals surface area contributed by atoms with E-state index in [0.29, 0.717) is 17.4 Å². The fourth-order valence-corrected chi connectivity index (χ4v) is 2.55. The lowest BCUT2D eigenvalue weighted by atomic mass is 10.2. The van der Waals surface area contributed by atoms with Gasteiger partial charge in [0, 0.05) is 16.8 Å². The number of nitrogens with two attached hydrogens (primary N) is 1. The summed E-state index contributed by atoms with van der Waals surface area (Å²) in [5.74, 6) is 1.76. The summed E-state index contributed by atoms with van der Waals surface area (Å²) in [6.45, 7) is 3.97. The van der Waals surface area contributed by atoms with E-state index in [-0.39, 0.29) is 6.10 Å². The molecule has 0 aliphatic carbocycles. The highest BCUT2D eigenvalue weighted by molar-refractivity contribution is 9.10. The van der Waals surface area contributed by atoms with Crippen LogP contribution < -0.4 is 10.5 Å². The van der Waals surface area contributed by atoms with E-state index < -0.39 is 0 Å². The molecule has 0 saturated carbocycles. The van der Waals surface area contributed by atoms with Crippen LogP contribution in [0.5, 0.6) is 5.75 Å². The molecular formula is C17H16BrN3O2. The predicted molar refractivity (Wildman–Crippen MR) is 93.0 cm³/mol. The van der Waals surface area contributed by atoms with Crippen molar-refractivity contribution in [1.29, 1.82) is 0 Å². The quantitative estimate of drug-likeness (QED) is 0.679. The summed E-state index contributed by atoms with van der Waals surface area (Å²) >= 11 is 3.51. The summed E-state index contributed by atoms with van der Waals surface area (Å²) in [5, 5.41) is 4.04. The highest BCUT2D eigenvalue weighted by atomic mass is 79.9. The number of rotatable bonds is 4. The summed E-state index contributed by atoms with van der Waals surface area (Å²) < 4.78 is 11.9. The Morgan fingerprint density at radius 1 is 1.09 bits per heavy atom. The third-order valence-corrected chi connectivity index (χ3v) is 3.76. The minimum Gasteiger partial charge on any atom is -0.490 e. The zero-order chi connectivity index (χ0) is 16.4. The molecule has 0 aliphatic rings. The van der Waals surface area contributed by atoms with Gasteiger partial charge >= 0.3 is 0 Å². The molecule has 2 N–H and O–H groups in total. The van der Waals surface area contributed by atoms with Gasteiger partial charge in [-0.05, 0) is 72.2 Å². The topological polar surface area (TPSA) is 74.2 Å². The highest BCUT2D eigenvalue weighted by Gasteiger charge is 2.12. The average molecular weight is 374 g/mol. The molecule has 0 bridgehead atoms. The van der Waals surface area contributed by atoms with Crippen LogP contribution in [0, 0.1) is 0 Å². The number of hydrogen-bond donors (Lipinski definition) is 1. The Labute approximate surface area is 142 Å². The van der Waals surface area contributed by atoms with E-state index in [9.17, 15) is 0 Å². The molecule has 0 saturated heterocycles. The van der Waals surface area contributed by atoms with E-state index in [2.05, 4.69) is 26.1 Å². The minimum absolute atomic E-state index is 0.111. The molecule has 1 aromatic heterocycles. The van der Waals surface area contributed by atoms with Crippen LogP contribution in [-0.2, 0) is 0 Å². The minimum atomic E-state index is 0.111. The number of halogens is 1. The maximum absolute atomic E-state index is 5.70. The van der Waals surface area contributed by atoms with E-state index in [1.807, 2.05) is 44.2 Å². The molecule has 23 heavy (non-hydrogen) atoms. The van der Waals surface area contributed by atoms with Gasteiger partial charge in [-0.3, -0.25) is 0 Å². The molecule has 0 radical (unpaired) electrons. The number of aromatic nitrogens is 2. The molecule has 3 aromatic rings. The maximum atomic E-state index is 5.70. The van der Waals surface area contributed by atoms with Crippen molar-refractivity contribution in [2.45, 2.75) is 20.0 Å². The first kappa shape index (κ1) is 15.6. The molecule has 0 amide bonds. The standard InChI is InChI=1S/C17H16BrN3O2/c1-10(2)22-15-8-5-12(9-14(15)18)16-20-17(23-21-16)11-3-6-13(19)7-4-11/h3-10H,19H2,1-2H3. The molecule has 6 heteroatoms. The van der Waals surface area contributed by atoms with Crippen molar-refractivity contribution in [3.05, 3.63) is 46.9 Å². The number of anilines is 1. The Morgan fingerprint density at radius 3 is 2.43 bits per heavy atom. The summed E-state index contributed by atoms with van der Waals surface area (Å²) in [6, 6.07) is 13.0. The molecule has 0 spiro atoms. The van der Waals surface area contributed by atoms with Gasteiger partial charge in [-0.1, -0.05) is 5.16 Å². The van der Waals surface area contributed by atoms with Gasteiger partial charge in [-0.25, -0.2) is 0 Å². The van der Waals surface area contributed by atoms with Gasteiger partial charge in [0.25, 0.3) is 5.89 Å². The van der Waals surface area contributed by atoms with Crippen molar-refractivity contribution < 1.29 is 9.26 Å². The van der Waals surface area contributed by atoms with Gasteiger partial charge in [-0.2, -0.15) is 4.98 Å². The van der Waals surface area contributed by atoms with Gasteiger partial charge < -0.3 is 15.0 Å². The largest absolute Gasteiger partial charge is 0.490 e. The molecule has 0 aliphatic heterocycles. The number of nitrogens with zero attached hydrogens (tertiary/aromatic N) is 2. The number of ether oxygens (including phenoxy) is 1. The molecule has 5 nitrogen and oxygen atoms in total. The van der Waals surface area contributed by atoms with E-state index in [0.717, 1.165) is 21.3 Å². The molecule has 0 unspecified atom stereocenters. The lowest BCUT2D eigenvalue weighted by Crippen LogP contribution is -2.05. The van der Waals surface area contributed by atoms with Crippen LogP contribution in [0.15, 0.2) is 51.5 Å². The van der Waals surface area contributed by atoms with Crippen LogP contribution in [0.25, 0.3) is 22.8 Å². The highest BCUT2D eigenvalue weighted by Crippen LogP contribution is 2.31. The molecule has 0 atom stereocenters. The van der Waals surface area contributed by atoms with Gasteiger partial charge in [0.05, 0.1) is 10.6 Å². The predicted octanol–water partition coefficient (Wildman–Crippen LogP) is 4.54. The second kappa shape index (κ2) is 6.42. The van der Waals surface area contributed by atoms with Crippen molar-refractivity contribution >= 4 is 21.6 Å². The Morgan fingerprint density at radius 2 is 1.78 bits per heavy atom. The van der Waals surface area contributed by atoms with Crippen LogP contribution >= 0.6 is 15.9 Å². The van der Waals surface area contributed by atoms with Crippen LogP contribution in [-0.4, -0.2) is 16.2 Å². The monoisotopic (exact) mass is 373 g/mol. The fraction of sp³-hybridized carbons (Fsp3) is 0.176. The van der Waals surface area contributed by atoms with Gasteiger partial charge in [-0.15, -0.1) is 0 Å². The fourth-order valence-electron chi connectivity index (χ4n) is 2.07. The summed E-state index contributed by atoms with van der Waals surface area (Å²) in [6.07, 6.45) is 0.111. The van der Waals surface area contributed by atoms with E-state index in [1.165, 1.54) is 0 Å². The molecule has 3 rings (SSSR count). The molecular weight excluding hydrogens is 358 g/mol. The van der Waals surface area contributed by atoms with Gasteiger partial charge in [0.2, 0.25) is 5.82 Å². The van der Waals surface area contributed by atoms with Crippen LogP contribution in [0.2, 0.25) is 0 Å². The lowest BCUT2D eigenvalue weighted by molar-refractivity contribution is 0.241. The second-order valence-corrected chi connectivity index (χ2v) is 6.21. The average Bonchev–Trinajstić information content (AvgIpc) is 2.99.